The molecule has 92 valence electrons. The van der Waals surface area contributed by atoms with Crippen molar-refractivity contribution in [2.24, 2.45) is 0 Å². The highest BCUT2D eigenvalue weighted by Crippen LogP contribution is 2.43. The Morgan fingerprint density at radius 2 is 2.22 bits per heavy atom. The number of para-hydroxylation sites is 1. The van der Waals surface area contributed by atoms with Crippen molar-refractivity contribution < 1.29 is 27.8 Å². The summed E-state index contributed by atoms with van der Waals surface area (Å²) >= 11 is 0. The van der Waals surface area contributed by atoms with Crippen LogP contribution < -0.4 is 9.47 Å². The summed E-state index contributed by atoms with van der Waals surface area (Å²) in [6.45, 7) is 0. The zero-order chi connectivity index (χ0) is 13.2. The fourth-order valence-electron chi connectivity index (χ4n) is 1.36. The fraction of sp³-hybridized carbons (Fsp3) is 0.0909. The molecular formula is C11H5F2NO4. The second-order valence-electron chi connectivity index (χ2n) is 3.19. The predicted molar refractivity (Wildman–Crippen MR) is 53.4 cm³/mol. The Hall–Kier alpha value is -2.62. The number of carbonyl (C=O) groups excluding carboxylic acids is 1. The first kappa shape index (κ1) is 11.9. The van der Waals surface area contributed by atoms with Crippen molar-refractivity contribution in [3.05, 3.63) is 29.8 Å². The SMILES string of the molecule is N#COC(=O)C=Cc1cccc2c1OC(F)(F)O2. The number of alkyl halides is 2. The molecule has 5 nitrogen and oxygen atoms in total. The van der Waals surface area contributed by atoms with Gasteiger partial charge in [0.1, 0.15) is 0 Å². The predicted octanol–water partition coefficient (Wildman–Crippen LogP) is 2.05. The molecule has 1 aliphatic rings. The molecule has 0 bridgehead atoms. The summed E-state index contributed by atoms with van der Waals surface area (Å²) < 4.78 is 38.2. The molecule has 0 atom stereocenters. The first-order valence-corrected chi connectivity index (χ1v) is 4.69. The highest BCUT2D eigenvalue weighted by molar-refractivity contribution is 5.88. The van der Waals surface area contributed by atoms with E-state index in [0.29, 0.717) is 0 Å². The summed E-state index contributed by atoms with van der Waals surface area (Å²) in [4.78, 5) is 10.9. The van der Waals surface area contributed by atoms with Crippen molar-refractivity contribution >= 4 is 12.0 Å². The van der Waals surface area contributed by atoms with E-state index in [0.717, 1.165) is 6.08 Å². The number of nitriles is 1. The van der Waals surface area contributed by atoms with E-state index < -0.39 is 12.3 Å². The van der Waals surface area contributed by atoms with Gasteiger partial charge >= 0.3 is 12.3 Å². The van der Waals surface area contributed by atoms with Gasteiger partial charge in [-0.3, -0.25) is 0 Å². The number of hydrogen-bond donors (Lipinski definition) is 0. The lowest BCUT2D eigenvalue weighted by Gasteiger charge is -2.05. The van der Waals surface area contributed by atoms with Gasteiger partial charge in [0.05, 0.1) is 0 Å². The van der Waals surface area contributed by atoms with Crippen LogP contribution in [-0.4, -0.2) is 12.3 Å². The Bertz CT molecular complexity index is 563. The van der Waals surface area contributed by atoms with Crippen LogP contribution in [0.5, 0.6) is 11.5 Å². The van der Waals surface area contributed by atoms with Crippen LogP contribution in [0.15, 0.2) is 24.3 Å². The molecule has 0 N–H and O–H groups in total. The van der Waals surface area contributed by atoms with Crippen molar-refractivity contribution in [1.29, 1.82) is 5.26 Å². The second-order valence-corrected chi connectivity index (χ2v) is 3.19. The van der Waals surface area contributed by atoms with E-state index in [2.05, 4.69) is 14.2 Å². The molecular weight excluding hydrogens is 248 g/mol. The van der Waals surface area contributed by atoms with Gasteiger partial charge in [0.2, 0.25) is 0 Å². The van der Waals surface area contributed by atoms with Crippen molar-refractivity contribution in [2.75, 3.05) is 0 Å². The quantitative estimate of drug-likeness (QED) is 0.458. The number of halogens is 2. The van der Waals surface area contributed by atoms with Crippen LogP contribution >= 0.6 is 0 Å². The lowest BCUT2D eigenvalue weighted by atomic mass is 10.2. The smallest absolute Gasteiger partial charge is 0.395 e. The molecule has 0 aliphatic carbocycles. The minimum absolute atomic E-state index is 0.129. The van der Waals surface area contributed by atoms with Crippen molar-refractivity contribution in [3.8, 4) is 17.8 Å². The lowest BCUT2D eigenvalue weighted by molar-refractivity contribution is -0.286. The van der Waals surface area contributed by atoms with Crippen LogP contribution in [0.1, 0.15) is 5.56 Å². The average Bonchev–Trinajstić information content (AvgIpc) is 2.61. The van der Waals surface area contributed by atoms with Gasteiger partial charge < -0.3 is 14.2 Å². The minimum atomic E-state index is -3.72. The maximum Gasteiger partial charge on any atom is 0.586 e. The number of fused-ring (bicyclic) bond motifs is 1. The van der Waals surface area contributed by atoms with E-state index in [1.807, 2.05) is 0 Å². The molecule has 1 aromatic carbocycles. The van der Waals surface area contributed by atoms with E-state index in [1.54, 1.807) is 0 Å². The van der Waals surface area contributed by atoms with Crippen LogP contribution in [-0.2, 0) is 9.53 Å². The second kappa shape index (κ2) is 4.33. The third-order valence-corrected chi connectivity index (χ3v) is 2.00. The molecule has 7 heteroatoms. The lowest BCUT2D eigenvalue weighted by Crippen LogP contribution is -2.26. The molecule has 0 spiro atoms. The van der Waals surface area contributed by atoms with Crippen LogP contribution in [0.2, 0.25) is 0 Å². The van der Waals surface area contributed by atoms with Crippen LogP contribution in [0, 0.1) is 11.5 Å². The number of esters is 1. The molecule has 0 saturated carbocycles. The normalized spacial score (nSPS) is 15.4. The Kier molecular flexibility index (Phi) is 2.85. The van der Waals surface area contributed by atoms with Crippen molar-refractivity contribution in [1.82, 2.24) is 0 Å². The van der Waals surface area contributed by atoms with E-state index in [1.165, 1.54) is 30.5 Å². The molecule has 0 radical (unpaired) electrons. The minimum Gasteiger partial charge on any atom is -0.395 e. The van der Waals surface area contributed by atoms with E-state index >= 15 is 0 Å². The Balaban J connectivity index is 2.25. The number of nitrogens with zero attached hydrogens (tertiary/aromatic N) is 1. The zero-order valence-electron chi connectivity index (χ0n) is 8.72. The van der Waals surface area contributed by atoms with Crippen LogP contribution in [0.25, 0.3) is 6.08 Å². The highest BCUT2D eigenvalue weighted by Gasteiger charge is 2.44. The molecule has 0 unspecified atom stereocenters. The molecule has 0 aromatic heterocycles. The molecule has 0 saturated heterocycles. The summed E-state index contributed by atoms with van der Waals surface area (Å²) in [6, 6.07) is 4.21. The van der Waals surface area contributed by atoms with Gasteiger partial charge in [-0.05, 0) is 12.1 Å². The molecule has 0 amide bonds. The monoisotopic (exact) mass is 253 g/mol. The zero-order valence-corrected chi connectivity index (χ0v) is 8.72. The Labute approximate surface area is 99.8 Å². The number of hydrogen-bond acceptors (Lipinski definition) is 5. The molecule has 1 heterocycles. The fourth-order valence-corrected chi connectivity index (χ4v) is 1.36. The number of ether oxygens (including phenoxy) is 3. The van der Waals surface area contributed by atoms with Gasteiger partial charge in [-0.15, -0.1) is 14.0 Å². The van der Waals surface area contributed by atoms with E-state index in [4.69, 9.17) is 5.26 Å². The molecule has 1 aliphatic heterocycles. The van der Waals surface area contributed by atoms with Crippen LogP contribution in [0.3, 0.4) is 0 Å². The van der Waals surface area contributed by atoms with Gasteiger partial charge in [-0.25, -0.2) is 4.79 Å². The molecule has 2 rings (SSSR count). The van der Waals surface area contributed by atoms with Gasteiger partial charge in [-0.1, -0.05) is 12.1 Å². The summed E-state index contributed by atoms with van der Waals surface area (Å²) in [7, 11) is 0. The first-order chi connectivity index (χ1) is 8.52. The maximum atomic E-state index is 12.8. The van der Waals surface area contributed by atoms with Gasteiger partial charge in [0.15, 0.2) is 11.5 Å². The van der Waals surface area contributed by atoms with E-state index in [9.17, 15) is 13.6 Å². The van der Waals surface area contributed by atoms with Crippen molar-refractivity contribution in [2.45, 2.75) is 6.29 Å². The van der Waals surface area contributed by atoms with Crippen LogP contribution in [0.4, 0.5) is 8.78 Å². The number of rotatable bonds is 2. The number of carbonyl (C=O) groups is 1. The molecule has 1 aromatic rings. The summed E-state index contributed by atoms with van der Waals surface area (Å²) in [5.41, 5.74) is 0.208. The third-order valence-electron chi connectivity index (χ3n) is 2.00. The number of benzene rings is 1. The third kappa shape index (κ3) is 2.38. The maximum absolute atomic E-state index is 12.8. The summed E-state index contributed by atoms with van der Waals surface area (Å²) in [6.07, 6.45) is -0.431. The van der Waals surface area contributed by atoms with E-state index in [-0.39, 0.29) is 17.1 Å². The van der Waals surface area contributed by atoms with Gasteiger partial charge in [0, 0.05) is 11.6 Å². The Morgan fingerprint density at radius 1 is 1.44 bits per heavy atom. The molecule has 0 fully saturated rings. The highest BCUT2D eigenvalue weighted by atomic mass is 19.3. The van der Waals surface area contributed by atoms with Crippen molar-refractivity contribution in [3.63, 3.8) is 0 Å². The van der Waals surface area contributed by atoms with Gasteiger partial charge in [-0.2, -0.15) is 0 Å². The molecule has 18 heavy (non-hydrogen) atoms. The Morgan fingerprint density at radius 3 is 2.94 bits per heavy atom. The summed E-state index contributed by atoms with van der Waals surface area (Å²) in [5.74, 6) is -1.22. The summed E-state index contributed by atoms with van der Waals surface area (Å²) in [5, 5.41) is 8.09. The van der Waals surface area contributed by atoms with Gasteiger partial charge in [0.25, 0.3) is 6.26 Å². The topological polar surface area (TPSA) is 68.5 Å². The standard InChI is InChI=1S/C11H5F2NO4/c12-11(13)17-8-3-1-2-7(10(8)18-11)4-5-9(15)16-6-14/h1-5H. The first-order valence-electron chi connectivity index (χ1n) is 4.69. The average molecular weight is 253 g/mol. The largest absolute Gasteiger partial charge is 0.586 e.